The molecule has 0 unspecified atom stereocenters. The van der Waals surface area contributed by atoms with Crippen LogP contribution in [-0.4, -0.2) is 47.8 Å². The van der Waals surface area contributed by atoms with Crippen LogP contribution in [0.15, 0.2) is 28.7 Å². The highest BCUT2D eigenvalue weighted by molar-refractivity contribution is 9.10. The Morgan fingerprint density at radius 3 is 2.83 bits per heavy atom. The minimum atomic E-state index is 0.251. The molecule has 1 aliphatic rings. The van der Waals surface area contributed by atoms with E-state index >= 15 is 0 Å². The molecule has 23 heavy (non-hydrogen) atoms. The van der Waals surface area contributed by atoms with Gasteiger partial charge in [-0.2, -0.15) is 0 Å². The van der Waals surface area contributed by atoms with Crippen molar-refractivity contribution < 1.29 is 5.11 Å². The largest absolute Gasteiger partial charge is 0.395 e. The van der Waals surface area contributed by atoms with Crippen molar-refractivity contribution >= 4 is 44.3 Å². The molecule has 1 aromatic heterocycles. The van der Waals surface area contributed by atoms with Gasteiger partial charge < -0.3 is 15.3 Å². The Kier molecular flexibility index (Phi) is 5.75. The molecule has 0 saturated carbocycles. The second kappa shape index (κ2) is 7.79. The van der Waals surface area contributed by atoms with Gasteiger partial charge in [0.15, 0.2) is 0 Å². The van der Waals surface area contributed by atoms with Gasteiger partial charge in [-0.25, -0.2) is 4.98 Å². The predicted octanol–water partition coefficient (Wildman–Crippen LogP) is 3.77. The minimum absolute atomic E-state index is 0.251. The van der Waals surface area contributed by atoms with Crippen LogP contribution in [0.3, 0.4) is 0 Å². The van der Waals surface area contributed by atoms with Crippen LogP contribution in [0.2, 0.25) is 5.02 Å². The third kappa shape index (κ3) is 4.35. The zero-order valence-corrected chi connectivity index (χ0v) is 15.3. The quantitative estimate of drug-likeness (QED) is 0.805. The molecule has 0 amide bonds. The lowest BCUT2D eigenvalue weighted by Crippen LogP contribution is -2.37. The first-order chi connectivity index (χ1) is 11.2. The summed E-state index contributed by atoms with van der Waals surface area (Å²) in [5.74, 6) is 1.53. The fraction of sp³-hybridized carbons (Fsp3) is 0.471. The SMILES string of the molecule is OCCN1CCC(CNc2ccc3cc(Br)cc(Cl)c3n2)CC1. The van der Waals surface area contributed by atoms with Gasteiger partial charge in [0.05, 0.1) is 17.1 Å². The Balaban J connectivity index is 1.60. The number of nitrogens with zero attached hydrogens (tertiary/aromatic N) is 2. The normalized spacial score (nSPS) is 16.8. The van der Waals surface area contributed by atoms with Crippen molar-refractivity contribution in [2.45, 2.75) is 12.8 Å². The molecule has 0 atom stereocenters. The summed E-state index contributed by atoms with van der Waals surface area (Å²) in [4.78, 5) is 6.96. The van der Waals surface area contributed by atoms with Gasteiger partial charge in [-0.05, 0) is 56.1 Å². The predicted molar refractivity (Wildman–Crippen MR) is 99.2 cm³/mol. The van der Waals surface area contributed by atoms with Crippen molar-refractivity contribution in [1.82, 2.24) is 9.88 Å². The second-order valence-corrected chi connectivity index (χ2v) is 7.37. The highest BCUT2D eigenvalue weighted by Gasteiger charge is 2.18. The van der Waals surface area contributed by atoms with E-state index in [9.17, 15) is 0 Å². The molecule has 1 aromatic carbocycles. The molecule has 3 rings (SSSR count). The van der Waals surface area contributed by atoms with Crippen molar-refractivity contribution in [3.05, 3.63) is 33.8 Å². The van der Waals surface area contributed by atoms with E-state index in [1.54, 1.807) is 0 Å². The van der Waals surface area contributed by atoms with Gasteiger partial charge in [0.25, 0.3) is 0 Å². The van der Waals surface area contributed by atoms with E-state index in [-0.39, 0.29) is 6.61 Å². The van der Waals surface area contributed by atoms with E-state index in [4.69, 9.17) is 16.7 Å². The Bertz CT molecular complexity index is 674. The number of hydrogen-bond donors (Lipinski definition) is 2. The van der Waals surface area contributed by atoms with E-state index in [0.29, 0.717) is 10.9 Å². The van der Waals surface area contributed by atoms with Gasteiger partial charge in [-0.15, -0.1) is 0 Å². The molecule has 1 aliphatic heterocycles. The lowest BCUT2D eigenvalue weighted by Gasteiger charge is -2.31. The molecule has 124 valence electrons. The number of β-amino-alcohol motifs (C(OH)–C–C–N with tert-alkyl or cyclic N) is 1. The molecule has 0 spiro atoms. The summed E-state index contributed by atoms with van der Waals surface area (Å²) < 4.78 is 0.965. The summed E-state index contributed by atoms with van der Waals surface area (Å²) in [5.41, 5.74) is 0.831. The van der Waals surface area contributed by atoms with Crippen molar-refractivity contribution in [3.8, 4) is 0 Å². The molecule has 2 heterocycles. The van der Waals surface area contributed by atoms with Gasteiger partial charge in [-0.1, -0.05) is 27.5 Å². The smallest absolute Gasteiger partial charge is 0.126 e. The van der Waals surface area contributed by atoms with Crippen LogP contribution < -0.4 is 5.32 Å². The third-order valence-corrected chi connectivity index (χ3v) is 5.15. The standard InChI is InChI=1S/C17H21BrClN3O/c18-14-9-13-1-2-16(21-17(13)15(19)10-14)20-11-12-3-5-22(6-4-12)7-8-23/h1-2,9-10,12,23H,3-8,11H2,(H,20,21). The molecule has 4 nitrogen and oxygen atoms in total. The third-order valence-electron chi connectivity index (χ3n) is 4.41. The van der Waals surface area contributed by atoms with Gasteiger partial charge in [0, 0.05) is 22.9 Å². The van der Waals surface area contributed by atoms with E-state index in [1.807, 2.05) is 24.3 Å². The zero-order chi connectivity index (χ0) is 16.2. The monoisotopic (exact) mass is 397 g/mol. The molecular weight excluding hydrogens is 378 g/mol. The number of likely N-dealkylation sites (tertiary alicyclic amines) is 1. The van der Waals surface area contributed by atoms with Gasteiger partial charge in [-0.3, -0.25) is 0 Å². The summed E-state index contributed by atoms with van der Waals surface area (Å²) in [5, 5.41) is 14.1. The molecule has 6 heteroatoms. The number of aliphatic hydroxyl groups excluding tert-OH is 1. The van der Waals surface area contributed by atoms with Crippen molar-refractivity contribution in [1.29, 1.82) is 0 Å². The Morgan fingerprint density at radius 1 is 1.30 bits per heavy atom. The topological polar surface area (TPSA) is 48.4 Å². The average Bonchev–Trinajstić information content (AvgIpc) is 2.55. The van der Waals surface area contributed by atoms with Crippen LogP contribution >= 0.6 is 27.5 Å². The van der Waals surface area contributed by atoms with Crippen LogP contribution in [-0.2, 0) is 0 Å². The highest BCUT2D eigenvalue weighted by Crippen LogP contribution is 2.28. The molecule has 0 radical (unpaired) electrons. The van der Waals surface area contributed by atoms with Crippen LogP contribution in [0, 0.1) is 5.92 Å². The Morgan fingerprint density at radius 2 is 2.09 bits per heavy atom. The molecule has 2 N–H and O–H groups in total. The maximum atomic E-state index is 8.99. The zero-order valence-electron chi connectivity index (χ0n) is 12.9. The fourth-order valence-electron chi connectivity index (χ4n) is 3.06. The molecular formula is C17H21BrClN3O. The summed E-state index contributed by atoms with van der Waals surface area (Å²) in [6.07, 6.45) is 2.32. The number of anilines is 1. The van der Waals surface area contributed by atoms with Crippen LogP contribution in [0.4, 0.5) is 5.82 Å². The second-order valence-electron chi connectivity index (χ2n) is 6.05. The van der Waals surface area contributed by atoms with Gasteiger partial charge in [0.1, 0.15) is 5.82 Å². The molecule has 0 aliphatic carbocycles. The fourth-order valence-corrected chi connectivity index (χ4v) is 3.94. The number of rotatable bonds is 5. The summed E-state index contributed by atoms with van der Waals surface area (Å²) in [7, 11) is 0. The van der Waals surface area contributed by atoms with Crippen molar-refractivity contribution in [2.24, 2.45) is 5.92 Å². The molecule has 0 bridgehead atoms. The number of nitrogens with one attached hydrogen (secondary N) is 1. The maximum Gasteiger partial charge on any atom is 0.126 e. The molecule has 1 saturated heterocycles. The van der Waals surface area contributed by atoms with Crippen molar-refractivity contribution in [2.75, 3.05) is 38.1 Å². The first kappa shape index (κ1) is 17.0. The summed E-state index contributed by atoms with van der Waals surface area (Å²) in [6, 6.07) is 7.95. The first-order valence-corrected chi connectivity index (χ1v) is 9.15. The molecule has 1 fully saturated rings. The number of aliphatic hydroxyl groups is 1. The summed E-state index contributed by atoms with van der Waals surface area (Å²) in [6.45, 7) is 4.11. The first-order valence-electron chi connectivity index (χ1n) is 7.98. The maximum absolute atomic E-state index is 8.99. The van der Waals surface area contributed by atoms with Crippen LogP contribution in [0.1, 0.15) is 12.8 Å². The van der Waals surface area contributed by atoms with Crippen LogP contribution in [0.25, 0.3) is 10.9 Å². The Labute approximate surface area is 150 Å². The minimum Gasteiger partial charge on any atom is -0.395 e. The number of benzene rings is 1. The van der Waals surface area contributed by atoms with Crippen LogP contribution in [0.5, 0.6) is 0 Å². The number of halogens is 2. The number of fused-ring (bicyclic) bond motifs is 1. The highest BCUT2D eigenvalue weighted by atomic mass is 79.9. The number of piperidine rings is 1. The lowest BCUT2D eigenvalue weighted by atomic mass is 9.97. The van der Waals surface area contributed by atoms with Crippen molar-refractivity contribution in [3.63, 3.8) is 0 Å². The molecule has 2 aromatic rings. The van der Waals surface area contributed by atoms with Gasteiger partial charge in [0.2, 0.25) is 0 Å². The number of pyridine rings is 1. The summed E-state index contributed by atoms with van der Waals surface area (Å²) >= 11 is 9.74. The van der Waals surface area contributed by atoms with E-state index in [2.05, 4.69) is 31.1 Å². The Hall–Kier alpha value is -0.880. The lowest BCUT2D eigenvalue weighted by molar-refractivity contribution is 0.151. The van der Waals surface area contributed by atoms with E-state index < -0.39 is 0 Å². The van der Waals surface area contributed by atoms with E-state index in [1.165, 1.54) is 0 Å². The number of hydrogen-bond acceptors (Lipinski definition) is 4. The van der Waals surface area contributed by atoms with E-state index in [0.717, 1.165) is 60.2 Å². The van der Waals surface area contributed by atoms with Gasteiger partial charge >= 0.3 is 0 Å². The average molecular weight is 399 g/mol. The number of aromatic nitrogens is 1.